The van der Waals surface area contributed by atoms with Gasteiger partial charge in [0.25, 0.3) is 0 Å². The Morgan fingerprint density at radius 1 is 0.875 bits per heavy atom. The van der Waals surface area contributed by atoms with E-state index < -0.39 is 0 Å². The van der Waals surface area contributed by atoms with Crippen LogP contribution in [0.5, 0.6) is 0 Å². The molecule has 2 nitrogen and oxygen atoms in total. The van der Waals surface area contributed by atoms with Crippen LogP contribution in [0.15, 0.2) is 54.6 Å². The molecule has 0 atom stereocenters. The minimum atomic E-state index is 0.599. The first-order chi connectivity index (χ1) is 7.86. The van der Waals surface area contributed by atoms with Crippen molar-refractivity contribution in [2.75, 3.05) is 4.90 Å². The molecule has 3 rings (SSSR count). The number of hydrogen-bond acceptors (Lipinski definition) is 1. The van der Waals surface area contributed by atoms with Crippen molar-refractivity contribution in [2.45, 2.75) is 6.54 Å². The van der Waals surface area contributed by atoms with Gasteiger partial charge in [0.15, 0.2) is 0 Å². The molecule has 0 amide bonds. The highest BCUT2D eigenvalue weighted by atomic mass is 15.2. The predicted molar refractivity (Wildman–Crippen MR) is 65.9 cm³/mol. The van der Waals surface area contributed by atoms with Gasteiger partial charge in [-0.1, -0.05) is 42.5 Å². The lowest BCUT2D eigenvalue weighted by molar-refractivity contribution is 1.05. The molecule has 0 fully saturated rings. The molecule has 78 valence electrons. The summed E-state index contributed by atoms with van der Waals surface area (Å²) in [5, 5.41) is 8.15. The van der Waals surface area contributed by atoms with Crippen molar-refractivity contribution in [2.24, 2.45) is 0 Å². The van der Waals surface area contributed by atoms with E-state index in [1.165, 1.54) is 5.56 Å². The summed E-state index contributed by atoms with van der Waals surface area (Å²) in [6.45, 7) is 0.805. The van der Waals surface area contributed by atoms with E-state index in [1.807, 2.05) is 53.4 Å². The van der Waals surface area contributed by atoms with Crippen molar-refractivity contribution in [3.8, 4) is 0 Å². The third-order valence-electron chi connectivity index (χ3n) is 2.94. The average Bonchev–Trinajstić information content (AvgIpc) is 2.69. The second kappa shape index (κ2) is 3.49. The van der Waals surface area contributed by atoms with Gasteiger partial charge in [-0.2, -0.15) is 0 Å². The zero-order valence-corrected chi connectivity index (χ0v) is 8.85. The largest absolute Gasteiger partial charge is 0.322 e. The SMILES string of the molecule is N=C1c2ccccc2CN1c1ccccc1. The summed E-state index contributed by atoms with van der Waals surface area (Å²) in [7, 11) is 0. The fraction of sp³-hybridized carbons (Fsp3) is 0.0714. The first kappa shape index (κ1) is 9.16. The van der Waals surface area contributed by atoms with E-state index in [4.69, 9.17) is 5.41 Å². The average molecular weight is 208 g/mol. The van der Waals surface area contributed by atoms with Crippen LogP contribution in [0.25, 0.3) is 0 Å². The van der Waals surface area contributed by atoms with Crippen LogP contribution in [0.1, 0.15) is 11.1 Å². The summed E-state index contributed by atoms with van der Waals surface area (Å²) in [5.74, 6) is 0.599. The van der Waals surface area contributed by atoms with Crippen LogP contribution in [0.4, 0.5) is 5.69 Å². The number of nitrogens with zero attached hydrogens (tertiary/aromatic N) is 1. The van der Waals surface area contributed by atoms with Crippen LogP contribution in [0.2, 0.25) is 0 Å². The van der Waals surface area contributed by atoms with Crippen LogP contribution in [0.3, 0.4) is 0 Å². The molecule has 16 heavy (non-hydrogen) atoms. The van der Waals surface area contributed by atoms with E-state index >= 15 is 0 Å². The van der Waals surface area contributed by atoms with E-state index in [2.05, 4.69) is 6.07 Å². The van der Waals surface area contributed by atoms with Crippen LogP contribution in [0, 0.1) is 5.41 Å². The van der Waals surface area contributed by atoms with Gasteiger partial charge in [0.05, 0.1) is 6.54 Å². The van der Waals surface area contributed by atoms with Gasteiger partial charge in [0.2, 0.25) is 0 Å². The molecule has 0 saturated carbocycles. The number of hydrogen-bond donors (Lipinski definition) is 1. The summed E-state index contributed by atoms with van der Waals surface area (Å²) in [5.41, 5.74) is 3.37. The van der Waals surface area contributed by atoms with Crippen molar-refractivity contribution in [1.82, 2.24) is 0 Å². The Labute approximate surface area is 94.7 Å². The molecule has 0 saturated heterocycles. The number of fused-ring (bicyclic) bond motifs is 1. The maximum atomic E-state index is 8.15. The Kier molecular flexibility index (Phi) is 2.00. The number of para-hydroxylation sites is 1. The van der Waals surface area contributed by atoms with Crippen LogP contribution in [-0.2, 0) is 6.54 Å². The molecule has 2 aromatic carbocycles. The quantitative estimate of drug-likeness (QED) is 0.766. The first-order valence-corrected chi connectivity index (χ1v) is 5.36. The number of amidine groups is 1. The molecule has 0 aliphatic carbocycles. The first-order valence-electron chi connectivity index (χ1n) is 5.36. The van der Waals surface area contributed by atoms with Crippen molar-refractivity contribution >= 4 is 11.5 Å². The van der Waals surface area contributed by atoms with Crippen LogP contribution >= 0.6 is 0 Å². The fourth-order valence-electron chi connectivity index (χ4n) is 2.11. The van der Waals surface area contributed by atoms with Gasteiger partial charge in [-0.15, -0.1) is 0 Å². The summed E-state index contributed by atoms with van der Waals surface area (Å²) < 4.78 is 0. The van der Waals surface area contributed by atoms with E-state index in [-0.39, 0.29) is 0 Å². The van der Waals surface area contributed by atoms with Crippen molar-refractivity contribution in [3.05, 3.63) is 65.7 Å². The molecule has 0 aromatic heterocycles. The minimum absolute atomic E-state index is 0.599. The fourth-order valence-corrected chi connectivity index (χ4v) is 2.11. The van der Waals surface area contributed by atoms with Gasteiger partial charge in [-0.25, -0.2) is 0 Å². The molecule has 1 aliphatic heterocycles. The van der Waals surface area contributed by atoms with Crippen molar-refractivity contribution < 1.29 is 0 Å². The number of nitrogens with one attached hydrogen (secondary N) is 1. The standard InChI is InChI=1S/C14H12N2/c15-14-13-9-5-4-6-11(13)10-16(14)12-7-2-1-3-8-12/h1-9,15H,10H2. The molecule has 1 aliphatic rings. The van der Waals surface area contributed by atoms with Crippen LogP contribution < -0.4 is 4.90 Å². The normalized spacial score (nSPS) is 14.0. The highest BCUT2D eigenvalue weighted by Crippen LogP contribution is 2.27. The smallest absolute Gasteiger partial charge is 0.133 e. The third-order valence-corrected chi connectivity index (χ3v) is 2.94. The van der Waals surface area contributed by atoms with Gasteiger partial charge in [0.1, 0.15) is 5.84 Å². The predicted octanol–water partition coefficient (Wildman–Crippen LogP) is 3.03. The molecule has 0 radical (unpaired) electrons. The molecule has 2 heteroatoms. The lowest BCUT2D eigenvalue weighted by Gasteiger charge is -2.17. The summed E-state index contributed by atoms with van der Waals surface area (Å²) >= 11 is 0. The molecular weight excluding hydrogens is 196 g/mol. The van der Waals surface area contributed by atoms with E-state index in [0.29, 0.717) is 5.84 Å². The topological polar surface area (TPSA) is 27.1 Å². The molecule has 1 heterocycles. The van der Waals surface area contributed by atoms with Gasteiger partial charge < -0.3 is 4.90 Å². The maximum Gasteiger partial charge on any atom is 0.133 e. The molecule has 2 aromatic rings. The number of benzene rings is 2. The van der Waals surface area contributed by atoms with Gasteiger partial charge in [0, 0.05) is 11.3 Å². The molecule has 0 spiro atoms. The third kappa shape index (κ3) is 1.31. The zero-order chi connectivity index (χ0) is 11.0. The number of anilines is 1. The highest BCUT2D eigenvalue weighted by Gasteiger charge is 2.24. The zero-order valence-electron chi connectivity index (χ0n) is 8.85. The Bertz CT molecular complexity index is 531. The molecule has 0 unspecified atom stereocenters. The molecular formula is C14H12N2. The number of rotatable bonds is 1. The van der Waals surface area contributed by atoms with Gasteiger partial charge >= 0.3 is 0 Å². The lowest BCUT2D eigenvalue weighted by Crippen LogP contribution is -2.22. The van der Waals surface area contributed by atoms with E-state index in [0.717, 1.165) is 17.8 Å². The minimum Gasteiger partial charge on any atom is -0.322 e. The van der Waals surface area contributed by atoms with Gasteiger partial charge in [-0.05, 0) is 17.7 Å². The maximum absolute atomic E-state index is 8.15. The van der Waals surface area contributed by atoms with Gasteiger partial charge in [-0.3, -0.25) is 5.41 Å². The molecule has 1 N–H and O–H groups in total. The Morgan fingerprint density at radius 2 is 1.56 bits per heavy atom. The van der Waals surface area contributed by atoms with Crippen molar-refractivity contribution in [3.63, 3.8) is 0 Å². The highest BCUT2D eigenvalue weighted by molar-refractivity contribution is 6.11. The summed E-state index contributed by atoms with van der Waals surface area (Å²) in [4.78, 5) is 2.03. The Morgan fingerprint density at radius 3 is 2.31 bits per heavy atom. The summed E-state index contributed by atoms with van der Waals surface area (Å²) in [6, 6.07) is 18.2. The Hall–Kier alpha value is -2.09. The van der Waals surface area contributed by atoms with Crippen LogP contribution in [-0.4, -0.2) is 5.84 Å². The lowest BCUT2D eigenvalue weighted by atomic mass is 10.1. The molecule has 0 bridgehead atoms. The second-order valence-electron chi connectivity index (χ2n) is 3.93. The van der Waals surface area contributed by atoms with E-state index in [1.54, 1.807) is 0 Å². The Balaban J connectivity index is 2.02. The monoisotopic (exact) mass is 208 g/mol. The second-order valence-corrected chi connectivity index (χ2v) is 3.93. The van der Waals surface area contributed by atoms with Crippen molar-refractivity contribution in [1.29, 1.82) is 5.41 Å². The van der Waals surface area contributed by atoms with E-state index in [9.17, 15) is 0 Å². The summed E-state index contributed by atoms with van der Waals surface area (Å²) in [6.07, 6.45) is 0.